The Morgan fingerprint density at radius 1 is 1.21 bits per heavy atom. The summed E-state index contributed by atoms with van der Waals surface area (Å²) in [7, 11) is 1.54. The van der Waals surface area contributed by atoms with Gasteiger partial charge in [0.15, 0.2) is 0 Å². The summed E-state index contributed by atoms with van der Waals surface area (Å²) in [6.45, 7) is 0. The fourth-order valence-electron chi connectivity index (χ4n) is 1.83. The van der Waals surface area contributed by atoms with Crippen LogP contribution >= 0.6 is 11.3 Å². The van der Waals surface area contributed by atoms with Crippen molar-refractivity contribution in [2.24, 2.45) is 0 Å². The van der Waals surface area contributed by atoms with Crippen molar-refractivity contribution in [2.75, 3.05) is 7.11 Å². The number of halogens is 1. The number of fused-ring (bicyclic) bond motifs is 1. The van der Waals surface area contributed by atoms with Crippen LogP contribution in [0.1, 0.15) is 0 Å². The summed E-state index contributed by atoms with van der Waals surface area (Å²) >= 11 is 1.34. The van der Waals surface area contributed by atoms with Crippen molar-refractivity contribution in [3.63, 3.8) is 0 Å². The second-order valence-electron chi connectivity index (χ2n) is 4.01. The summed E-state index contributed by atoms with van der Waals surface area (Å²) in [6, 6.07) is 9.47. The lowest BCUT2D eigenvalue weighted by Gasteiger charge is -2.03. The Hall–Kier alpha value is -2.14. The van der Waals surface area contributed by atoms with Crippen LogP contribution < -0.4 is 4.74 Å². The van der Waals surface area contributed by atoms with Crippen LogP contribution in [0.2, 0.25) is 0 Å². The Morgan fingerprint density at radius 2 is 2.05 bits per heavy atom. The standard InChI is InChI=1S/C14H10FNO2S/c1-18-9-3-4-10(12(17)7-9)14-16-11-5-2-8(15)6-13(11)19-14/h2-7,17H,1H3. The lowest BCUT2D eigenvalue weighted by Crippen LogP contribution is -1.83. The highest BCUT2D eigenvalue weighted by Gasteiger charge is 2.11. The molecule has 0 unspecified atom stereocenters. The first kappa shape index (κ1) is 11.9. The van der Waals surface area contributed by atoms with Crippen molar-refractivity contribution < 1.29 is 14.2 Å². The van der Waals surface area contributed by atoms with E-state index in [0.29, 0.717) is 16.3 Å². The SMILES string of the molecule is COc1ccc(-c2nc3ccc(F)cc3s2)c(O)c1. The van der Waals surface area contributed by atoms with Gasteiger partial charge in [-0.15, -0.1) is 11.3 Å². The average molecular weight is 275 g/mol. The van der Waals surface area contributed by atoms with Gasteiger partial charge in [-0.3, -0.25) is 0 Å². The van der Waals surface area contributed by atoms with Crippen LogP contribution in [0.3, 0.4) is 0 Å². The van der Waals surface area contributed by atoms with E-state index in [-0.39, 0.29) is 11.6 Å². The quantitative estimate of drug-likeness (QED) is 0.773. The highest BCUT2D eigenvalue weighted by atomic mass is 32.1. The second kappa shape index (κ2) is 4.51. The minimum absolute atomic E-state index is 0.0962. The van der Waals surface area contributed by atoms with E-state index in [4.69, 9.17) is 4.74 Å². The molecule has 0 radical (unpaired) electrons. The zero-order valence-corrected chi connectivity index (χ0v) is 10.9. The number of nitrogens with zero attached hydrogens (tertiary/aromatic N) is 1. The monoisotopic (exact) mass is 275 g/mol. The third kappa shape index (κ3) is 2.13. The second-order valence-corrected chi connectivity index (χ2v) is 5.04. The zero-order valence-electron chi connectivity index (χ0n) is 10.1. The number of phenolic OH excluding ortho intramolecular Hbond substituents is 1. The molecule has 0 spiro atoms. The van der Waals surface area contributed by atoms with E-state index in [1.165, 1.54) is 36.6 Å². The van der Waals surface area contributed by atoms with Crippen molar-refractivity contribution in [3.05, 3.63) is 42.2 Å². The first-order chi connectivity index (χ1) is 9.17. The minimum atomic E-state index is -0.290. The number of benzene rings is 2. The normalized spacial score (nSPS) is 10.8. The number of hydrogen-bond acceptors (Lipinski definition) is 4. The molecule has 1 heterocycles. The number of rotatable bonds is 2. The fourth-order valence-corrected chi connectivity index (χ4v) is 2.86. The molecule has 0 atom stereocenters. The van der Waals surface area contributed by atoms with Gasteiger partial charge >= 0.3 is 0 Å². The first-order valence-corrected chi connectivity index (χ1v) is 6.42. The van der Waals surface area contributed by atoms with Crippen LogP contribution in [0.4, 0.5) is 4.39 Å². The van der Waals surface area contributed by atoms with Crippen molar-refractivity contribution in [3.8, 4) is 22.1 Å². The Morgan fingerprint density at radius 3 is 2.79 bits per heavy atom. The number of aromatic hydroxyl groups is 1. The Balaban J connectivity index is 2.13. The number of hydrogen-bond donors (Lipinski definition) is 1. The van der Waals surface area contributed by atoms with Crippen LogP contribution in [0.5, 0.6) is 11.5 Å². The van der Waals surface area contributed by atoms with Gasteiger partial charge in [-0.25, -0.2) is 9.37 Å². The lowest BCUT2D eigenvalue weighted by molar-refractivity contribution is 0.408. The van der Waals surface area contributed by atoms with Crippen molar-refractivity contribution in [1.82, 2.24) is 4.98 Å². The highest BCUT2D eigenvalue weighted by molar-refractivity contribution is 7.21. The van der Waals surface area contributed by atoms with Gasteiger partial charge in [0.1, 0.15) is 22.3 Å². The molecule has 96 valence electrons. The van der Waals surface area contributed by atoms with Gasteiger partial charge in [-0.2, -0.15) is 0 Å². The van der Waals surface area contributed by atoms with Crippen molar-refractivity contribution in [2.45, 2.75) is 0 Å². The van der Waals surface area contributed by atoms with E-state index in [1.807, 2.05) is 0 Å². The maximum Gasteiger partial charge on any atom is 0.129 e. The molecular weight excluding hydrogens is 265 g/mol. The number of ether oxygens (including phenoxy) is 1. The number of phenols is 1. The van der Waals surface area contributed by atoms with Crippen LogP contribution in [0.25, 0.3) is 20.8 Å². The van der Waals surface area contributed by atoms with Gasteiger partial charge in [-0.1, -0.05) is 0 Å². The van der Waals surface area contributed by atoms with E-state index >= 15 is 0 Å². The van der Waals surface area contributed by atoms with Gasteiger partial charge in [0.05, 0.1) is 22.9 Å². The molecule has 1 N–H and O–H groups in total. The molecule has 0 saturated heterocycles. The Kier molecular flexibility index (Phi) is 2.83. The molecule has 2 aromatic carbocycles. The summed E-state index contributed by atoms with van der Waals surface area (Å²) < 4.78 is 18.9. The van der Waals surface area contributed by atoms with Crippen LogP contribution in [0.15, 0.2) is 36.4 Å². The minimum Gasteiger partial charge on any atom is -0.507 e. The lowest BCUT2D eigenvalue weighted by atomic mass is 10.2. The maximum absolute atomic E-state index is 13.1. The molecule has 3 aromatic rings. The van der Waals surface area contributed by atoms with E-state index < -0.39 is 0 Å². The molecule has 0 amide bonds. The molecule has 0 aliphatic heterocycles. The average Bonchev–Trinajstić information content (AvgIpc) is 2.81. The molecule has 0 fully saturated rings. The summed E-state index contributed by atoms with van der Waals surface area (Å²) in [5.74, 6) is 0.383. The van der Waals surface area contributed by atoms with Gasteiger partial charge < -0.3 is 9.84 Å². The van der Waals surface area contributed by atoms with E-state index in [1.54, 1.807) is 18.2 Å². The van der Waals surface area contributed by atoms with Gasteiger partial charge in [0, 0.05) is 6.07 Å². The molecule has 0 saturated carbocycles. The first-order valence-electron chi connectivity index (χ1n) is 5.61. The van der Waals surface area contributed by atoms with Crippen LogP contribution in [-0.4, -0.2) is 17.2 Å². The number of aromatic nitrogens is 1. The maximum atomic E-state index is 13.1. The summed E-state index contributed by atoms with van der Waals surface area (Å²) in [5, 5.41) is 10.6. The van der Waals surface area contributed by atoms with Crippen LogP contribution in [0, 0.1) is 5.82 Å². The molecular formula is C14H10FNO2S. The fraction of sp³-hybridized carbons (Fsp3) is 0.0714. The largest absolute Gasteiger partial charge is 0.507 e. The third-order valence-electron chi connectivity index (χ3n) is 2.79. The molecule has 1 aromatic heterocycles. The van der Waals surface area contributed by atoms with Gasteiger partial charge in [0.2, 0.25) is 0 Å². The predicted molar refractivity (Wildman–Crippen MR) is 73.2 cm³/mol. The molecule has 0 aliphatic carbocycles. The van der Waals surface area contributed by atoms with Gasteiger partial charge in [-0.05, 0) is 30.3 Å². The summed E-state index contributed by atoms with van der Waals surface area (Å²) in [6.07, 6.45) is 0. The van der Waals surface area contributed by atoms with E-state index in [9.17, 15) is 9.50 Å². The summed E-state index contributed by atoms with van der Waals surface area (Å²) in [5.41, 5.74) is 1.33. The van der Waals surface area contributed by atoms with Crippen molar-refractivity contribution >= 4 is 21.6 Å². The third-order valence-corrected chi connectivity index (χ3v) is 3.84. The number of thiazole rings is 1. The highest BCUT2D eigenvalue weighted by Crippen LogP contribution is 2.37. The van der Waals surface area contributed by atoms with Crippen molar-refractivity contribution in [1.29, 1.82) is 0 Å². The molecule has 0 bridgehead atoms. The molecule has 5 heteroatoms. The topological polar surface area (TPSA) is 42.4 Å². The molecule has 3 rings (SSSR count). The smallest absolute Gasteiger partial charge is 0.129 e. The van der Waals surface area contributed by atoms with E-state index in [0.717, 1.165) is 10.2 Å². The Labute approximate surface area is 112 Å². The van der Waals surface area contributed by atoms with E-state index in [2.05, 4.69) is 4.98 Å². The molecule has 0 aliphatic rings. The molecule has 19 heavy (non-hydrogen) atoms. The van der Waals surface area contributed by atoms with Gasteiger partial charge in [0.25, 0.3) is 0 Å². The van der Waals surface area contributed by atoms with Crippen LogP contribution in [-0.2, 0) is 0 Å². The number of methoxy groups -OCH3 is 1. The summed E-state index contributed by atoms with van der Waals surface area (Å²) in [4.78, 5) is 4.39. The molecule has 3 nitrogen and oxygen atoms in total. The predicted octanol–water partition coefficient (Wildman–Crippen LogP) is 3.82. The Bertz CT molecular complexity index is 754. The zero-order chi connectivity index (χ0) is 13.4.